The minimum atomic E-state index is -0.344. The Bertz CT molecular complexity index is 584. The molecular formula is C15H16FN3O. The minimum absolute atomic E-state index is 0.340. The largest absolute Gasteiger partial charge is 0.334 e. The van der Waals surface area contributed by atoms with Gasteiger partial charge in [-0.2, -0.15) is 0 Å². The summed E-state index contributed by atoms with van der Waals surface area (Å²) in [6.45, 7) is 0.817. The molecular weight excluding hydrogens is 257 g/mol. The van der Waals surface area contributed by atoms with Crippen molar-refractivity contribution >= 4 is 11.7 Å². The van der Waals surface area contributed by atoms with Crippen LogP contribution < -0.4 is 16.4 Å². The fraction of sp³-hybridized carbons (Fsp3) is 0.133. The number of carbonyl (C=O) groups excluding carboxylic acids is 1. The zero-order valence-corrected chi connectivity index (χ0v) is 10.9. The van der Waals surface area contributed by atoms with Crippen LogP contribution in [-0.2, 0) is 13.1 Å². The van der Waals surface area contributed by atoms with E-state index in [1.54, 1.807) is 0 Å². The number of nitrogens with one attached hydrogen (secondary N) is 2. The standard InChI is InChI=1S/C15H16FN3O/c16-13-5-7-14(8-6-13)19-15(20)18-10-12-4-2-1-3-11(12)9-17/h1-8H,9-10,17H2,(H2,18,19,20). The third-order valence-electron chi connectivity index (χ3n) is 2.88. The van der Waals surface area contributed by atoms with E-state index in [1.165, 1.54) is 24.3 Å². The molecule has 0 unspecified atom stereocenters. The normalized spacial score (nSPS) is 10.1. The van der Waals surface area contributed by atoms with Gasteiger partial charge < -0.3 is 16.4 Å². The van der Waals surface area contributed by atoms with Crippen molar-refractivity contribution in [2.45, 2.75) is 13.1 Å². The van der Waals surface area contributed by atoms with Crippen LogP contribution in [0.25, 0.3) is 0 Å². The maximum Gasteiger partial charge on any atom is 0.319 e. The summed E-state index contributed by atoms with van der Waals surface area (Å²) in [6, 6.07) is 12.9. The van der Waals surface area contributed by atoms with Crippen LogP contribution in [0.5, 0.6) is 0 Å². The Labute approximate surface area is 116 Å². The molecule has 0 aliphatic carbocycles. The van der Waals surface area contributed by atoms with Crippen LogP contribution in [0.4, 0.5) is 14.9 Å². The lowest BCUT2D eigenvalue weighted by Crippen LogP contribution is -2.28. The Morgan fingerprint density at radius 3 is 2.35 bits per heavy atom. The number of rotatable bonds is 4. The summed E-state index contributed by atoms with van der Waals surface area (Å²) in [4.78, 5) is 11.7. The Hall–Kier alpha value is -2.40. The van der Waals surface area contributed by atoms with Crippen molar-refractivity contribution in [3.8, 4) is 0 Å². The second kappa shape index (κ2) is 6.68. The van der Waals surface area contributed by atoms with Crippen LogP contribution >= 0.6 is 0 Å². The number of nitrogens with two attached hydrogens (primary N) is 1. The van der Waals surface area contributed by atoms with Crippen LogP contribution in [0, 0.1) is 5.82 Å². The lowest BCUT2D eigenvalue weighted by atomic mass is 10.1. The maximum absolute atomic E-state index is 12.7. The number of amides is 2. The van der Waals surface area contributed by atoms with E-state index in [9.17, 15) is 9.18 Å². The van der Waals surface area contributed by atoms with Gasteiger partial charge in [-0.05, 0) is 35.4 Å². The van der Waals surface area contributed by atoms with E-state index >= 15 is 0 Å². The molecule has 0 fully saturated rings. The van der Waals surface area contributed by atoms with Crippen LogP contribution in [-0.4, -0.2) is 6.03 Å². The lowest BCUT2D eigenvalue weighted by Gasteiger charge is -2.10. The summed E-state index contributed by atoms with van der Waals surface area (Å²) in [7, 11) is 0. The number of urea groups is 1. The van der Waals surface area contributed by atoms with Crippen LogP contribution in [0.15, 0.2) is 48.5 Å². The fourth-order valence-corrected chi connectivity index (χ4v) is 1.81. The first-order valence-electron chi connectivity index (χ1n) is 6.26. The molecule has 2 aromatic rings. The summed E-state index contributed by atoms with van der Waals surface area (Å²) in [5.74, 6) is -0.340. The number of benzene rings is 2. The van der Waals surface area contributed by atoms with Crippen molar-refractivity contribution in [2.75, 3.05) is 5.32 Å². The molecule has 2 aromatic carbocycles. The van der Waals surface area contributed by atoms with E-state index in [0.29, 0.717) is 18.8 Å². The van der Waals surface area contributed by atoms with Crippen molar-refractivity contribution < 1.29 is 9.18 Å². The van der Waals surface area contributed by atoms with Gasteiger partial charge in [0.2, 0.25) is 0 Å². The minimum Gasteiger partial charge on any atom is -0.334 e. The van der Waals surface area contributed by atoms with E-state index < -0.39 is 0 Å². The molecule has 0 aliphatic heterocycles. The van der Waals surface area contributed by atoms with Crippen molar-refractivity contribution in [2.24, 2.45) is 5.73 Å². The SMILES string of the molecule is NCc1ccccc1CNC(=O)Nc1ccc(F)cc1. The average molecular weight is 273 g/mol. The van der Waals surface area contributed by atoms with E-state index in [4.69, 9.17) is 5.73 Å². The number of anilines is 1. The van der Waals surface area contributed by atoms with Crippen molar-refractivity contribution in [1.29, 1.82) is 0 Å². The summed E-state index contributed by atoms with van der Waals surface area (Å²) in [5.41, 5.74) is 8.14. The molecule has 0 aromatic heterocycles. The summed E-state index contributed by atoms with van der Waals surface area (Å²) < 4.78 is 12.7. The molecule has 2 amide bonds. The second-order valence-electron chi connectivity index (χ2n) is 4.29. The highest BCUT2D eigenvalue weighted by Gasteiger charge is 2.04. The molecule has 4 N–H and O–H groups in total. The first-order valence-corrected chi connectivity index (χ1v) is 6.26. The van der Waals surface area contributed by atoms with Crippen LogP contribution in [0.2, 0.25) is 0 Å². The zero-order valence-electron chi connectivity index (χ0n) is 10.9. The van der Waals surface area contributed by atoms with Gasteiger partial charge in [-0.3, -0.25) is 0 Å². The topological polar surface area (TPSA) is 67.1 Å². The monoisotopic (exact) mass is 273 g/mol. The second-order valence-corrected chi connectivity index (χ2v) is 4.29. The molecule has 5 heteroatoms. The molecule has 0 saturated carbocycles. The van der Waals surface area contributed by atoms with Gasteiger partial charge in [-0.1, -0.05) is 24.3 Å². The first-order chi connectivity index (χ1) is 9.69. The Kier molecular flexibility index (Phi) is 4.68. The Balaban J connectivity index is 1.90. The molecule has 0 atom stereocenters. The van der Waals surface area contributed by atoms with Crippen molar-refractivity contribution in [1.82, 2.24) is 5.32 Å². The number of carbonyl (C=O) groups is 1. The smallest absolute Gasteiger partial charge is 0.319 e. The van der Waals surface area contributed by atoms with E-state index in [1.807, 2.05) is 24.3 Å². The van der Waals surface area contributed by atoms with E-state index in [-0.39, 0.29) is 11.8 Å². The van der Waals surface area contributed by atoms with Gasteiger partial charge in [0, 0.05) is 18.8 Å². The van der Waals surface area contributed by atoms with E-state index in [2.05, 4.69) is 10.6 Å². The molecule has 2 rings (SSSR count). The fourth-order valence-electron chi connectivity index (χ4n) is 1.81. The molecule has 20 heavy (non-hydrogen) atoms. The summed E-state index contributed by atoms with van der Waals surface area (Å²) >= 11 is 0. The zero-order chi connectivity index (χ0) is 14.4. The van der Waals surface area contributed by atoms with Gasteiger partial charge in [0.25, 0.3) is 0 Å². The van der Waals surface area contributed by atoms with Gasteiger partial charge in [0.05, 0.1) is 0 Å². The van der Waals surface area contributed by atoms with Gasteiger partial charge >= 0.3 is 6.03 Å². The molecule has 4 nitrogen and oxygen atoms in total. The molecule has 104 valence electrons. The molecule has 0 spiro atoms. The molecule has 0 aliphatic rings. The summed E-state index contributed by atoms with van der Waals surface area (Å²) in [5, 5.41) is 5.37. The highest BCUT2D eigenvalue weighted by molar-refractivity contribution is 5.89. The number of hydrogen-bond donors (Lipinski definition) is 3. The van der Waals surface area contributed by atoms with Gasteiger partial charge in [-0.15, -0.1) is 0 Å². The molecule has 0 saturated heterocycles. The predicted molar refractivity (Wildman–Crippen MR) is 76.6 cm³/mol. The number of hydrogen-bond acceptors (Lipinski definition) is 2. The summed E-state index contributed by atoms with van der Waals surface area (Å²) in [6.07, 6.45) is 0. The maximum atomic E-state index is 12.7. The van der Waals surface area contributed by atoms with Crippen LogP contribution in [0.1, 0.15) is 11.1 Å². The Morgan fingerprint density at radius 2 is 1.70 bits per heavy atom. The Morgan fingerprint density at radius 1 is 1.05 bits per heavy atom. The van der Waals surface area contributed by atoms with Crippen molar-refractivity contribution in [3.63, 3.8) is 0 Å². The molecule has 0 bridgehead atoms. The van der Waals surface area contributed by atoms with Gasteiger partial charge in [-0.25, -0.2) is 9.18 Å². The van der Waals surface area contributed by atoms with E-state index in [0.717, 1.165) is 11.1 Å². The third kappa shape index (κ3) is 3.80. The average Bonchev–Trinajstić information content (AvgIpc) is 2.48. The third-order valence-corrected chi connectivity index (χ3v) is 2.88. The first kappa shape index (κ1) is 14.0. The van der Waals surface area contributed by atoms with Gasteiger partial charge in [0.15, 0.2) is 0 Å². The lowest BCUT2D eigenvalue weighted by molar-refractivity contribution is 0.251. The molecule has 0 heterocycles. The molecule has 0 radical (unpaired) electrons. The predicted octanol–water partition coefficient (Wildman–Crippen LogP) is 2.61. The number of halogens is 1. The quantitative estimate of drug-likeness (QED) is 0.801. The highest BCUT2D eigenvalue weighted by atomic mass is 19.1. The highest BCUT2D eigenvalue weighted by Crippen LogP contribution is 2.09. The van der Waals surface area contributed by atoms with Crippen molar-refractivity contribution in [3.05, 3.63) is 65.5 Å². The van der Waals surface area contributed by atoms with Crippen LogP contribution in [0.3, 0.4) is 0 Å². The van der Waals surface area contributed by atoms with Gasteiger partial charge in [0.1, 0.15) is 5.82 Å².